The van der Waals surface area contributed by atoms with Gasteiger partial charge in [0.25, 0.3) is 0 Å². The summed E-state index contributed by atoms with van der Waals surface area (Å²) in [7, 11) is 0. The van der Waals surface area contributed by atoms with Crippen LogP contribution in [0.15, 0.2) is 77.2 Å². The van der Waals surface area contributed by atoms with E-state index in [-0.39, 0.29) is 11.2 Å². The SMILES string of the molecule is C=CCn1c(SC(C)C(=O)Nc2cccc3ncccc23)nnc1-c1ccco1. The number of aromatic nitrogens is 4. The average molecular weight is 405 g/mol. The third-order valence-corrected chi connectivity index (χ3v) is 5.41. The number of nitrogens with one attached hydrogen (secondary N) is 1. The first-order valence-corrected chi connectivity index (χ1v) is 9.94. The molecule has 1 aromatic carbocycles. The molecule has 4 rings (SSSR count). The van der Waals surface area contributed by atoms with Crippen LogP contribution in [-0.2, 0) is 11.3 Å². The lowest BCUT2D eigenvalue weighted by Crippen LogP contribution is -2.23. The lowest BCUT2D eigenvalue weighted by molar-refractivity contribution is -0.115. The number of anilines is 1. The van der Waals surface area contributed by atoms with Crippen molar-refractivity contribution in [1.29, 1.82) is 0 Å². The van der Waals surface area contributed by atoms with Crippen LogP contribution in [0.5, 0.6) is 0 Å². The minimum atomic E-state index is -0.390. The number of carbonyl (C=O) groups excluding carboxylic acids is 1. The maximum Gasteiger partial charge on any atom is 0.237 e. The topological polar surface area (TPSA) is 85.8 Å². The molecule has 0 aliphatic carbocycles. The van der Waals surface area contributed by atoms with Crippen molar-refractivity contribution in [2.75, 3.05) is 5.32 Å². The molecule has 4 aromatic rings. The smallest absolute Gasteiger partial charge is 0.237 e. The highest BCUT2D eigenvalue weighted by atomic mass is 32.2. The van der Waals surface area contributed by atoms with Gasteiger partial charge in [0.15, 0.2) is 10.9 Å². The maximum absolute atomic E-state index is 12.8. The monoisotopic (exact) mass is 405 g/mol. The molecule has 0 fully saturated rings. The van der Waals surface area contributed by atoms with Crippen molar-refractivity contribution in [3.63, 3.8) is 0 Å². The van der Waals surface area contributed by atoms with Crippen LogP contribution >= 0.6 is 11.8 Å². The molecule has 0 aliphatic heterocycles. The highest BCUT2D eigenvalue weighted by molar-refractivity contribution is 8.00. The second-order valence-corrected chi connectivity index (χ2v) is 7.62. The fourth-order valence-corrected chi connectivity index (χ4v) is 3.77. The second-order valence-electron chi connectivity index (χ2n) is 6.31. The molecule has 0 saturated carbocycles. The fourth-order valence-electron chi connectivity index (χ4n) is 2.92. The molecule has 8 heteroatoms. The molecule has 0 bridgehead atoms. The molecule has 0 spiro atoms. The van der Waals surface area contributed by atoms with Gasteiger partial charge < -0.3 is 9.73 Å². The second kappa shape index (κ2) is 8.32. The summed E-state index contributed by atoms with van der Waals surface area (Å²) in [4.78, 5) is 17.1. The van der Waals surface area contributed by atoms with Crippen molar-refractivity contribution in [2.24, 2.45) is 0 Å². The summed E-state index contributed by atoms with van der Waals surface area (Å²) < 4.78 is 7.32. The van der Waals surface area contributed by atoms with Gasteiger partial charge in [-0.25, -0.2) is 0 Å². The molecule has 3 aromatic heterocycles. The predicted molar refractivity (Wildman–Crippen MR) is 114 cm³/mol. The number of thioether (sulfide) groups is 1. The lowest BCUT2D eigenvalue weighted by Gasteiger charge is -2.13. The van der Waals surface area contributed by atoms with Crippen LogP contribution in [0.3, 0.4) is 0 Å². The number of rotatable bonds is 7. The van der Waals surface area contributed by atoms with Crippen LogP contribution in [0.4, 0.5) is 5.69 Å². The first-order valence-electron chi connectivity index (χ1n) is 9.06. The zero-order chi connectivity index (χ0) is 20.2. The minimum Gasteiger partial charge on any atom is -0.461 e. The molecule has 1 atom stereocenters. The summed E-state index contributed by atoms with van der Waals surface area (Å²) in [6, 6.07) is 13.1. The summed E-state index contributed by atoms with van der Waals surface area (Å²) in [5.74, 6) is 1.09. The maximum atomic E-state index is 12.8. The van der Waals surface area contributed by atoms with Crippen molar-refractivity contribution in [2.45, 2.75) is 23.9 Å². The number of nitrogens with zero attached hydrogens (tertiary/aromatic N) is 4. The van der Waals surface area contributed by atoms with Gasteiger partial charge in [-0.1, -0.05) is 23.9 Å². The number of amides is 1. The van der Waals surface area contributed by atoms with Crippen molar-refractivity contribution in [3.8, 4) is 11.6 Å². The number of furan rings is 1. The number of carbonyl (C=O) groups is 1. The van der Waals surface area contributed by atoms with E-state index in [1.807, 2.05) is 47.9 Å². The van der Waals surface area contributed by atoms with Gasteiger partial charge >= 0.3 is 0 Å². The Bertz CT molecular complexity index is 1150. The summed E-state index contributed by atoms with van der Waals surface area (Å²) in [6.45, 7) is 6.14. The van der Waals surface area contributed by atoms with Gasteiger partial charge in [-0.05, 0) is 43.3 Å². The Morgan fingerprint density at radius 2 is 2.17 bits per heavy atom. The van der Waals surface area contributed by atoms with E-state index >= 15 is 0 Å². The molecule has 0 saturated heterocycles. The van der Waals surface area contributed by atoms with E-state index in [1.54, 1.807) is 24.6 Å². The van der Waals surface area contributed by atoms with E-state index in [9.17, 15) is 4.79 Å². The van der Waals surface area contributed by atoms with Crippen LogP contribution in [0, 0.1) is 0 Å². The Hall–Kier alpha value is -3.39. The molecule has 146 valence electrons. The minimum absolute atomic E-state index is 0.126. The molecule has 1 unspecified atom stereocenters. The molecule has 1 N–H and O–H groups in total. The quantitative estimate of drug-likeness (QED) is 0.362. The largest absolute Gasteiger partial charge is 0.461 e. The van der Waals surface area contributed by atoms with Gasteiger partial charge in [0, 0.05) is 18.1 Å². The molecule has 0 radical (unpaired) electrons. The number of allylic oxidation sites excluding steroid dienone is 1. The molecule has 29 heavy (non-hydrogen) atoms. The van der Waals surface area contributed by atoms with Crippen LogP contribution in [0.2, 0.25) is 0 Å². The van der Waals surface area contributed by atoms with E-state index in [0.717, 1.165) is 16.6 Å². The van der Waals surface area contributed by atoms with E-state index in [2.05, 4.69) is 27.1 Å². The Morgan fingerprint density at radius 1 is 1.28 bits per heavy atom. The molecule has 1 amide bonds. The standard InChI is InChI=1S/C21H19N5O2S/c1-3-12-26-19(18-10-6-13-28-18)24-25-21(26)29-14(2)20(27)23-17-9-4-8-16-15(17)7-5-11-22-16/h3-11,13-14H,1,12H2,2H3,(H,23,27). The van der Waals surface area contributed by atoms with E-state index in [4.69, 9.17) is 4.42 Å². The van der Waals surface area contributed by atoms with Gasteiger partial charge in [-0.15, -0.1) is 16.8 Å². The third kappa shape index (κ3) is 3.93. The number of fused-ring (bicyclic) bond motifs is 1. The van der Waals surface area contributed by atoms with E-state index < -0.39 is 0 Å². The predicted octanol–water partition coefficient (Wildman–Crippen LogP) is 4.39. The van der Waals surface area contributed by atoms with Crippen molar-refractivity contribution < 1.29 is 9.21 Å². The van der Waals surface area contributed by atoms with Gasteiger partial charge in [0.05, 0.1) is 22.7 Å². The molecule has 0 aliphatic rings. The van der Waals surface area contributed by atoms with Crippen molar-refractivity contribution >= 4 is 34.3 Å². The zero-order valence-electron chi connectivity index (χ0n) is 15.8. The zero-order valence-corrected chi connectivity index (χ0v) is 16.6. The number of pyridine rings is 1. The fraction of sp³-hybridized carbons (Fsp3) is 0.143. The van der Waals surface area contributed by atoms with Crippen LogP contribution < -0.4 is 5.32 Å². The Balaban J connectivity index is 1.54. The molecule has 3 heterocycles. The Labute approximate surface area is 171 Å². The molecule has 7 nitrogen and oxygen atoms in total. The van der Waals surface area contributed by atoms with Crippen LogP contribution in [-0.4, -0.2) is 30.9 Å². The Kier molecular flexibility index (Phi) is 5.44. The van der Waals surface area contributed by atoms with E-state index in [1.165, 1.54) is 11.8 Å². The van der Waals surface area contributed by atoms with E-state index in [0.29, 0.717) is 23.3 Å². The first kappa shape index (κ1) is 18.9. The normalized spacial score (nSPS) is 12.0. The van der Waals surface area contributed by atoms with Gasteiger partial charge in [-0.3, -0.25) is 14.3 Å². The molecular weight excluding hydrogens is 386 g/mol. The highest BCUT2D eigenvalue weighted by Crippen LogP contribution is 2.28. The van der Waals surface area contributed by atoms with Crippen LogP contribution in [0.1, 0.15) is 6.92 Å². The lowest BCUT2D eigenvalue weighted by atomic mass is 10.2. The summed E-state index contributed by atoms with van der Waals surface area (Å²) >= 11 is 1.33. The number of hydrogen-bond acceptors (Lipinski definition) is 6. The van der Waals surface area contributed by atoms with Crippen molar-refractivity contribution in [3.05, 3.63) is 67.6 Å². The summed E-state index contributed by atoms with van der Waals surface area (Å²) in [5, 5.41) is 12.6. The van der Waals surface area contributed by atoms with Gasteiger partial charge in [0.1, 0.15) is 0 Å². The first-order chi connectivity index (χ1) is 14.2. The average Bonchev–Trinajstić information content (AvgIpc) is 3.39. The number of benzene rings is 1. The molecular formula is C21H19N5O2S. The summed E-state index contributed by atoms with van der Waals surface area (Å²) in [6.07, 6.45) is 5.08. The number of hydrogen-bond donors (Lipinski definition) is 1. The summed E-state index contributed by atoms with van der Waals surface area (Å²) in [5.41, 5.74) is 1.57. The van der Waals surface area contributed by atoms with Gasteiger partial charge in [0.2, 0.25) is 11.7 Å². The Morgan fingerprint density at radius 3 is 2.97 bits per heavy atom. The van der Waals surface area contributed by atoms with Crippen LogP contribution in [0.25, 0.3) is 22.5 Å². The van der Waals surface area contributed by atoms with Crippen molar-refractivity contribution in [1.82, 2.24) is 19.7 Å². The highest BCUT2D eigenvalue weighted by Gasteiger charge is 2.22. The third-order valence-electron chi connectivity index (χ3n) is 4.33. The van der Waals surface area contributed by atoms with Gasteiger partial charge in [-0.2, -0.15) is 0 Å².